The first-order valence-corrected chi connectivity index (χ1v) is 12.1. The zero-order chi connectivity index (χ0) is 20.2. The number of benzene rings is 1. The molecule has 2 aromatic heterocycles. The van der Waals surface area contributed by atoms with E-state index in [0.717, 1.165) is 38.7 Å². The first-order valence-electron chi connectivity index (χ1n) is 9.51. The molecule has 152 valence electrons. The maximum absolute atomic E-state index is 12.9. The molecule has 0 bridgehead atoms. The van der Waals surface area contributed by atoms with Crippen LogP contribution in [-0.4, -0.2) is 41.6 Å². The van der Waals surface area contributed by atoms with Crippen molar-refractivity contribution >= 4 is 44.5 Å². The number of piperidine rings is 1. The third-order valence-corrected chi connectivity index (χ3v) is 7.38. The molecule has 0 aliphatic carbocycles. The molecule has 1 amide bonds. The summed E-state index contributed by atoms with van der Waals surface area (Å²) in [5, 5.41) is 4.76. The zero-order valence-electron chi connectivity index (χ0n) is 16.0. The van der Waals surface area contributed by atoms with Crippen molar-refractivity contribution in [2.75, 3.05) is 19.7 Å². The van der Waals surface area contributed by atoms with Crippen molar-refractivity contribution in [3.63, 3.8) is 0 Å². The SMILES string of the molecule is CCOc1ccccc1OC1CCN(C(=O)c2csc(-c3cc(Br)cs3)n2)CC1. The maximum Gasteiger partial charge on any atom is 0.273 e. The van der Waals surface area contributed by atoms with Crippen molar-refractivity contribution in [1.29, 1.82) is 0 Å². The Kier molecular flexibility index (Phi) is 6.52. The molecule has 29 heavy (non-hydrogen) atoms. The summed E-state index contributed by atoms with van der Waals surface area (Å²) in [5.41, 5.74) is 0.524. The Balaban J connectivity index is 1.35. The number of hydrogen-bond acceptors (Lipinski definition) is 6. The largest absolute Gasteiger partial charge is 0.490 e. The van der Waals surface area contributed by atoms with Crippen LogP contribution in [-0.2, 0) is 0 Å². The van der Waals surface area contributed by atoms with E-state index in [0.29, 0.717) is 25.4 Å². The summed E-state index contributed by atoms with van der Waals surface area (Å²) in [7, 11) is 0. The molecule has 3 aromatic rings. The van der Waals surface area contributed by atoms with Gasteiger partial charge in [0.25, 0.3) is 5.91 Å². The average Bonchev–Trinajstić information content (AvgIpc) is 3.39. The van der Waals surface area contributed by atoms with Crippen molar-refractivity contribution in [3.05, 3.63) is 51.3 Å². The minimum absolute atomic E-state index is 0.00344. The Morgan fingerprint density at radius 1 is 1.21 bits per heavy atom. The van der Waals surface area contributed by atoms with Crippen LogP contribution in [0.4, 0.5) is 0 Å². The molecule has 4 rings (SSSR count). The molecule has 0 atom stereocenters. The maximum atomic E-state index is 12.9. The van der Waals surface area contributed by atoms with Gasteiger partial charge < -0.3 is 14.4 Å². The number of para-hydroxylation sites is 2. The van der Waals surface area contributed by atoms with Gasteiger partial charge in [-0.1, -0.05) is 12.1 Å². The van der Waals surface area contributed by atoms with E-state index in [9.17, 15) is 4.79 Å². The van der Waals surface area contributed by atoms with Crippen LogP contribution in [0, 0.1) is 0 Å². The van der Waals surface area contributed by atoms with Crippen LogP contribution in [0.25, 0.3) is 9.88 Å². The highest BCUT2D eigenvalue weighted by molar-refractivity contribution is 9.10. The molecule has 1 aliphatic rings. The summed E-state index contributed by atoms with van der Waals surface area (Å²) in [6.07, 6.45) is 1.66. The zero-order valence-corrected chi connectivity index (χ0v) is 19.2. The summed E-state index contributed by atoms with van der Waals surface area (Å²) in [5.74, 6) is 1.53. The molecule has 3 heterocycles. The molecule has 0 saturated carbocycles. The number of nitrogens with zero attached hydrogens (tertiary/aromatic N) is 2. The number of ether oxygens (including phenoxy) is 2. The molecule has 1 saturated heterocycles. The second kappa shape index (κ2) is 9.28. The molecule has 1 fully saturated rings. The van der Waals surface area contributed by atoms with Gasteiger partial charge in [0.05, 0.1) is 11.5 Å². The normalized spacial score (nSPS) is 14.8. The Morgan fingerprint density at radius 3 is 2.66 bits per heavy atom. The lowest BCUT2D eigenvalue weighted by Gasteiger charge is -2.32. The van der Waals surface area contributed by atoms with Gasteiger partial charge in [-0.2, -0.15) is 0 Å². The average molecular weight is 493 g/mol. The van der Waals surface area contributed by atoms with Gasteiger partial charge in [-0.25, -0.2) is 4.98 Å². The lowest BCUT2D eigenvalue weighted by Crippen LogP contribution is -2.41. The summed E-state index contributed by atoms with van der Waals surface area (Å²) in [6, 6.07) is 9.77. The van der Waals surface area contributed by atoms with E-state index in [1.165, 1.54) is 11.3 Å². The number of thiazole rings is 1. The number of amides is 1. The van der Waals surface area contributed by atoms with Crippen molar-refractivity contribution in [2.24, 2.45) is 0 Å². The quantitative estimate of drug-likeness (QED) is 0.441. The first kappa shape index (κ1) is 20.4. The number of thiophene rings is 1. The van der Waals surface area contributed by atoms with Crippen molar-refractivity contribution in [3.8, 4) is 21.4 Å². The number of rotatable bonds is 6. The molecular formula is C21H21BrN2O3S2. The van der Waals surface area contributed by atoms with E-state index >= 15 is 0 Å². The van der Waals surface area contributed by atoms with E-state index in [4.69, 9.17) is 9.47 Å². The summed E-state index contributed by atoms with van der Waals surface area (Å²) in [4.78, 5) is 20.4. The minimum Gasteiger partial charge on any atom is -0.490 e. The van der Waals surface area contributed by atoms with Gasteiger partial charge in [0.2, 0.25) is 0 Å². The topological polar surface area (TPSA) is 51.7 Å². The summed E-state index contributed by atoms with van der Waals surface area (Å²) in [6.45, 7) is 3.89. The van der Waals surface area contributed by atoms with Crippen molar-refractivity contribution in [2.45, 2.75) is 25.9 Å². The van der Waals surface area contributed by atoms with Crippen LogP contribution in [0.5, 0.6) is 11.5 Å². The number of carbonyl (C=O) groups excluding carboxylic acids is 1. The van der Waals surface area contributed by atoms with E-state index in [1.807, 2.05) is 52.9 Å². The van der Waals surface area contributed by atoms with Gasteiger partial charge >= 0.3 is 0 Å². The van der Waals surface area contributed by atoms with Crippen LogP contribution in [0.2, 0.25) is 0 Å². The highest BCUT2D eigenvalue weighted by atomic mass is 79.9. The van der Waals surface area contributed by atoms with E-state index in [1.54, 1.807) is 11.3 Å². The molecule has 0 radical (unpaired) electrons. The monoisotopic (exact) mass is 492 g/mol. The molecule has 0 unspecified atom stereocenters. The minimum atomic E-state index is -0.00344. The fourth-order valence-corrected chi connectivity index (χ4v) is 5.55. The second-order valence-electron chi connectivity index (χ2n) is 6.66. The number of carbonyl (C=O) groups is 1. The standard InChI is InChI=1S/C21H21BrN2O3S2/c1-2-26-17-5-3-4-6-18(17)27-15-7-9-24(10-8-15)21(25)16-13-29-20(23-16)19-11-14(22)12-28-19/h3-6,11-13,15H,2,7-10H2,1H3. The molecule has 8 heteroatoms. The molecule has 5 nitrogen and oxygen atoms in total. The predicted octanol–water partition coefficient (Wildman–Crippen LogP) is 5.72. The highest BCUT2D eigenvalue weighted by Gasteiger charge is 2.27. The third kappa shape index (κ3) is 4.82. The highest BCUT2D eigenvalue weighted by Crippen LogP contribution is 2.33. The van der Waals surface area contributed by atoms with Crippen LogP contribution in [0.1, 0.15) is 30.3 Å². The van der Waals surface area contributed by atoms with E-state index in [2.05, 4.69) is 20.9 Å². The fourth-order valence-electron chi connectivity index (χ4n) is 3.25. The molecule has 1 aliphatic heterocycles. The van der Waals surface area contributed by atoms with Gasteiger partial charge in [0.15, 0.2) is 11.5 Å². The van der Waals surface area contributed by atoms with Gasteiger partial charge in [0, 0.05) is 41.2 Å². The van der Waals surface area contributed by atoms with Crippen LogP contribution < -0.4 is 9.47 Å². The Hall–Kier alpha value is -1.90. The number of aromatic nitrogens is 1. The summed E-state index contributed by atoms with van der Waals surface area (Å²) >= 11 is 6.59. The second-order valence-corrected chi connectivity index (χ2v) is 9.34. The van der Waals surface area contributed by atoms with Gasteiger partial charge in [-0.15, -0.1) is 22.7 Å². The van der Waals surface area contributed by atoms with Crippen LogP contribution in [0.15, 0.2) is 45.6 Å². The van der Waals surface area contributed by atoms with Crippen LogP contribution in [0.3, 0.4) is 0 Å². The molecular weight excluding hydrogens is 472 g/mol. The number of likely N-dealkylation sites (tertiary alicyclic amines) is 1. The van der Waals surface area contributed by atoms with Crippen molar-refractivity contribution < 1.29 is 14.3 Å². The summed E-state index contributed by atoms with van der Waals surface area (Å²) < 4.78 is 12.8. The smallest absolute Gasteiger partial charge is 0.273 e. The number of hydrogen-bond donors (Lipinski definition) is 0. The Bertz CT molecular complexity index is 980. The van der Waals surface area contributed by atoms with Gasteiger partial charge in [-0.3, -0.25) is 4.79 Å². The predicted molar refractivity (Wildman–Crippen MR) is 120 cm³/mol. The van der Waals surface area contributed by atoms with E-state index < -0.39 is 0 Å². The van der Waals surface area contributed by atoms with Gasteiger partial charge in [-0.05, 0) is 41.1 Å². The Labute approximate surface area is 186 Å². The number of halogens is 1. The first-order chi connectivity index (χ1) is 14.1. The molecule has 1 aromatic carbocycles. The van der Waals surface area contributed by atoms with Crippen molar-refractivity contribution in [1.82, 2.24) is 9.88 Å². The van der Waals surface area contributed by atoms with Crippen LogP contribution >= 0.6 is 38.6 Å². The lowest BCUT2D eigenvalue weighted by molar-refractivity contribution is 0.0585. The molecule has 0 N–H and O–H groups in total. The Morgan fingerprint density at radius 2 is 1.97 bits per heavy atom. The van der Waals surface area contributed by atoms with Gasteiger partial charge in [0.1, 0.15) is 16.8 Å². The fraction of sp³-hybridized carbons (Fsp3) is 0.333. The third-order valence-electron chi connectivity index (χ3n) is 4.67. The molecule has 0 spiro atoms. The van der Waals surface area contributed by atoms with E-state index in [-0.39, 0.29) is 12.0 Å². The lowest BCUT2D eigenvalue weighted by atomic mass is 10.1.